The summed E-state index contributed by atoms with van der Waals surface area (Å²) in [7, 11) is 0. The van der Waals surface area contributed by atoms with Gasteiger partial charge >= 0.3 is 29.6 Å². The maximum Gasteiger partial charge on any atom is 0.452 e. The molecule has 0 bridgehead atoms. The van der Waals surface area contributed by atoms with Crippen LogP contribution in [-0.2, 0) is 52.5 Å². The number of hydrogen-bond donors (Lipinski definition) is 3. The van der Waals surface area contributed by atoms with Gasteiger partial charge in [0.1, 0.15) is 40.1 Å². The van der Waals surface area contributed by atoms with Crippen LogP contribution in [0.4, 0.5) is 0 Å². The van der Waals surface area contributed by atoms with E-state index in [0.717, 1.165) is 41.3 Å². The zero-order valence-electron chi connectivity index (χ0n) is 38.9. The molecule has 0 aliphatic heterocycles. The highest BCUT2D eigenvalue weighted by Gasteiger charge is 2.34. The highest BCUT2D eigenvalue weighted by molar-refractivity contribution is 5.84. The second-order valence-electron chi connectivity index (χ2n) is 15.9. The normalized spacial score (nSPS) is 11.5. The number of nitrogens with one attached hydrogen (secondary N) is 1. The molecule has 1 atom stereocenters. The number of ketones is 1. The summed E-state index contributed by atoms with van der Waals surface area (Å²) in [6, 6.07) is -1.03. The molecule has 0 rings (SSSR count). The fourth-order valence-corrected chi connectivity index (χ4v) is 6.37. The third-order valence-corrected chi connectivity index (χ3v) is 10.3. The molecule has 0 saturated heterocycles. The van der Waals surface area contributed by atoms with E-state index in [4.69, 9.17) is 29.2 Å². The number of rotatable bonds is 44. The molecule has 364 valence electrons. The first-order chi connectivity index (χ1) is 30.7. The molecule has 0 aromatic heterocycles. The molecule has 0 fully saturated rings. The lowest BCUT2D eigenvalue weighted by Crippen LogP contribution is -2.41. The van der Waals surface area contributed by atoms with E-state index in [-0.39, 0.29) is 103 Å². The number of unbranched alkanes of at least 4 members (excludes halogenated alkanes) is 14. The van der Waals surface area contributed by atoms with E-state index in [1.165, 1.54) is 80.3 Å². The van der Waals surface area contributed by atoms with Crippen molar-refractivity contribution in [2.45, 2.75) is 141 Å². The quantitative estimate of drug-likeness (QED) is 0.0456. The molecule has 0 aromatic rings. The number of hydrogen-bond acceptors (Lipinski definition) is 12. The number of carbonyl (C=O) groups excluding carboxylic acids is 6. The monoisotopic (exact) mass is 912 g/mol. The molecule has 0 aliphatic rings. The molecule has 64 heavy (non-hydrogen) atoms. The molecule has 0 heterocycles. The van der Waals surface area contributed by atoms with Crippen molar-refractivity contribution in [3.05, 3.63) is 0 Å². The van der Waals surface area contributed by atoms with E-state index in [9.17, 15) is 33.6 Å². The van der Waals surface area contributed by atoms with Crippen LogP contribution in [0.15, 0.2) is 0 Å². The summed E-state index contributed by atoms with van der Waals surface area (Å²) in [6.45, 7) is 17.1. The lowest BCUT2D eigenvalue weighted by atomic mass is 10.0. The standard InChI is InChI=1S/C46H79N5O13/c1-39(53)40(24-25-46(59)60)51(5)44(57)36-50(4)45(58)38-64-35-32-61-30-26-47-41(54)37-63-34-33-62-31-28-49(3)43(56)23-21-27-48(2)42(55)22-19-17-15-13-11-9-7-6-8-10-12-14-16-18-20-29-52/h40,52H,2-38H2,1H3/q+2/p+2. The Kier molecular flexibility index (Phi) is 37.6. The van der Waals surface area contributed by atoms with Crippen LogP contribution in [0.5, 0.6) is 0 Å². The number of Topliss-reactive ketones (excluding diaryl/α,β-unsaturated/α-hetero) is 1. The lowest BCUT2D eigenvalue weighted by Gasteiger charge is -2.09. The second-order valence-corrected chi connectivity index (χ2v) is 15.9. The summed E-state index contributed by atoms with van der Waals surface area (Å²) in [4.78, 5) is 84.2. The van der Waals surface area contributed by atoms with Crippen molar-refractivity contribution in [1.82, 2.24) is 5.32 Å². The second kappa shape index (κ2) is 40.3. The largest absolute Gasteiger partial charge is 0.481 e. The number of aliphatic carboxylic acids is 1. The van der Waals surface area contributed by atoms with Gasteiger partial charge in [-0.2, -0.15) is 18.3 Å². The molecule has 0 spiro atoms. The molecule has 18 heteroatoms. The highest BCUT2D eigenvalue weighted by atomic mass is 16.5. The van der Waals surface area contributed by atoms with E-state index in [1.807, 2.05) is 0 Å². The van der Waals surface area contributed by atoms with Crippen molar-refractivity contribution in [2.75, 3.05) is 85.6 Å². The lowest BCUT2D eigenvalue weighted by molar-refractivity contribution is -0.503. The summed E-state index contributed by atoms with van der Waals surface area (Å²) >= 11 is 0. The average Bonchev–Trinajstić information content (AvgIpc) is 3.25. The predicted molar refractivity (Wildman–Crippen MR) is 242 cm³/mol. The Morgan fingerprint density at radius 3 is 1.52 bits per heavy atom. The van der Waals surface area contributed by atoms with Gasteiger partial charge in [-0.25, -0.2) is 19.2 Å². The third-order valence-electron chi connectivity index (χ3n) is 10.3. The van der Waals surface area contributed by atoms with Gasteiger partial charge in [0.05, 0.1) is 52.3 Å². The van der Waals surface area contributed by atoms with Crippen molar-refractivity contribution in [2.24, 2.45) is 0 Å². The minimum atomic E-state index is -1.12. The highest BCUT2D eigenvalue weighted by Crippen LogP contribution is 2.14. The van der Waals surface area contributed by atoms with E-state index >= 15 is 0 Å². The van der Waals surface area contributed by atoms with Gasteiger partial charge in [-0.15, -0.1) is 0 Å². The molecule has 3 N–H and O–H groups in total. The first kappa shape index (κ1) is 59.8. The van der Waals surface area contributed by atoms with Crippen molar-refractivity contribution >= 4 is 68.2 Å². The smallest absolute Gasteiger partial charge is 0.452 e. The molecular weight excluding hydrogens is 831 g/mol. The van der Waals surface area contributed by atoms with Crippen LogP contribution in [0.1, 0.15) is 135 Å². The summed E-state index contributed by atoms with van der Waals surface area (Å²) in [5.41, 5.74) is 0. The Bertz CT molecular complexity index is 1470. The molecule has 0 aliphatic carbocycles. The van der Waals surface area contributed by atoms with Gasteiger partial charge in [0, 0.05) is 32.9 Å². The zero-order chi connectivity index (χ0) is 47.8. The number of carboxylic acid groups (broad SMARTS) is 1. The van der Waals surface area contributed by atoms with E-state index in [1.54, 1.807) is 0 Å². The van der Waals surface area contributed by atoms with Crippen LogP contribution < -0.4 is 5.32 Å². The molecule has 0 aromatic carbocycles. The fourth-order valence-electron chi connectivity index (χ4n) is 6.37. The Morgan fingerprint density at radius 2 is 0.984 bits per heavy atom. The Morgan fingerprint density at radius 1 is 0.516 bits per heavy atom. The number of carboxylic acids is 1. The summed E-state index contributed by atoms with van der Waals surface area (Å²) in [5, 5.41) is 20.3. The van der Waals surface area contributed by atoms with E-state index in [0.29, 0.717) is 26.0 Å². The molecule has 1 unspecified atom stereocenters. The average molecular weight is 912 g/mol. The number of aliphatic hydroxyl groups excluding tert-OH is 1. The summed E-state index contributed by atoms with van der Waals surface area (Å²) in [5.74, 6) is -3.32. The number of aliphatic hydroxyl groups is 1. The van der Waals surface area contributed by atoms with E-state index < -0.39 is 36.2 Å². The Hall–Kier alpha value is -4.23. The Balaban J connectivity index is 3.77. The van der Waals surface area contributed by atoms with Crippen LogP contribution in [0.2, 0.25) is 0 Å². The van der Waals surface area contributed by atoms with Crippen LogP contribution in [0.3, 0.4) is 0 Å². The fraction of sp³-hybridized carbons (Fsp3) is 0.761. The first-order valence-electron chi connectivity index (χ1n) is 23.1. The minimum absolute atomic E-state index is 0.00194. The molecule has 18 nitrogen and oxygen atoms in total. The topological polar surface area (TPSA) is 221 Å². The van der Waals surface area contributed by atoms with Crippen LogP contribution >= 0.6 is 0 Å². The zero-order valence-corrected chi connectivity index (χ0v) is 38.9. The van der Waals surface area contributed by atoms with Gasteiger partial charge in [0.25, 0.3) is 6.54 Å². The minimum Gasteiger partial charge on any atom is -0.481 e. The molecular formula is C46H81N5O13+4. The predicted octanol–water partition coefficient (Wildman–Crippen LogP) is 2.96. The van der Waals surface area contributed by atoms with Crippen LogP contribution in [-0.4, -0.2) is 188 Å². The SMILES string of the molecule is C=[N+](CCCC(=O)[N+](=C)CCOCCOCC(=O)NCCOCCOCC(=O)[N+](=C)CC(=O)[N+](=C)C(CCC(=O)O)C(C)=O)C(=O)CCCCCCCCCCCCCCCCCO. The number of nitrogens with zero attached hydrogens (tertiary/aromatic N) is 4. The van der Waals surface area contributed by atoms with E-state index in [2.05, 4.69) is 32.2 Å². The van der Waals surface area contributed by atoms with Gasteiger partial charge in [-0.05, 0) is 12.8 Å². The molecule has 5 amide bonds. The van der Waals surface area contributed by atoms with Crippen LogP contribution in [0, 0.1) is 0 Å². The molecule has 0 radical (unpaired) electrons. The number of ether oxygens (including phenoxy) is 4. The van der Waals surface area contributed by atoms with Crippen LogP contribution in [0.25, 0.3) is 0 Å². The molecule has 0 saturated carbocycles. The van der Waals surface area contributed by atoms with Crippen molar-refractivity contribution in [3.63, 3.8) is 0 Å². The third kappa shape index (κ3) is 34.2. The van der Waals surface area contributed by atoms with Gasteiger partial charge in [-0.3, -0.25) is 14.4 Å². The van der Waals surface area contributed by atoms with Gasteiger partial charge < -0.3 is 34.5 Å². The maximum absolute atomic E-state index is 12.4. The summed E-state index contributed by atoms with van der Waals surface area (Å²) in [6.07, 6.45) is 18.8. The Labute approximate surface area is 380 Å². The number of carbonyl (C=O) groups is 7. The van der Waals surface area contributed by atoms with Crippen molar-refractivity contribution < 1.29 is 81.0 Å². The van der Waals surface area contributed by atoms with Gasteiger partial charge in [0.15, 0.2) is 25.5 Å². The van der Waals surface area contributed by atoms with Gasteiger partial charge in [-0.1, -0.05) is 83.5 Å². The van der Waals surface area contributed by atoms with Crippen molar-refractivity contribution in [3.8, 4) is 0 Å². The summed E-state index contributed by atoms with van der Waals surface area (Å²) < 4.78 is 25.9. The van der Waals surface area contributed by atoms with Gasteiger partial charge in [0.2, 0.25) is 11.9 Å². The van der Waals surface area contributed by atoms with Crippen molar-refractivity contribution in [1.29, 1.82) is 0 Å². The maximum atomic E-state index is 12.4. The first-order valence-corrected chi connectivity index (χ1v) is 23.1. The number of amides is 5.